The molecule has 0 saturated carbocycles. The van der Waals surface area contributed by atoms with E-state index in [4.69, 9.17) is 0 Å². The van der Waals surface area contributed by atoms with E-state index in [9.17, 15) is 67.8 Å². The zero-order valence-electron chi connectivity index (χ0n) is 37.1. The smallest absolute Gasteiger partial charge is 0.296 e. The second-order valence-corrected chi connectivity index (χ2v) is 20.9. The van der Waals surface area contributed by atoms with Gasteiger partial charge in [-0.05, 0) is 127 Å². The van der Waals surface area contributed by atoms with E-state index in [1.54, 1.807) is 24.3 Å². The third kappa shape index (κ3) is 13.3. The summed E-state index contributed by atoms with van der Waals surface area (Å²) in [6.45, 7) is 0. The Balaban J connectivity index is 0.000000264. The van der Waals surface area contributed by atoms with Crippen molar-refractivity contribution < 1.29 is 90.0 Å². The Bertz CT molecular complexity index is 3910. The first-order valence-corrected chi connectivity index (χ1v) is 25.8. The largest absolute Gasteiger partial charge is 0.506 e. The average molecular weight is 1120 g/mol. The van der Waals surface area contributed by atoms with Crippen molar-refractivity contribution in [3.05, 3.63) is 146 Å². The standard InChI is InChI=1S/C23H20N4O7S2.C22H17N3O8S2.Co.H2O/c1-24-35(30,31)17-8-10-20(28)19(13-17)26-27-22-21(36(32,33)34)12-14-11-16(7-9-18(14)23(22)29)25-15-5-3-2-4-6-15;26-19-9-7-16(34(28,29)30)12-18(19)24-25-21-20(35(31,32)33)11-13-10-15(6-8-17(13)22(21)27)23-14-4-2-1-3-5-14;;/h2-13,24-25,28-29H,1H3,(H,32,33,34);1-12,23,26-27H,(H,28,29,30)(H,31,32,33);;1H2/p+1. The number of azo groups is 2. The molecule has 383 valence electrons. The topological polar surface area (TPSA) is 397 Å². The molecule has 0 heterocycles. The van der Waals surface area contributed by atoms with Crippen LogP contribution in [-0.2, 0) is 62.6 Å². The third-order valence-corrected chi connectivity index (χ3v) is 14.1. The maximum absolute atomic E-state index is 12.1. The molecule has 0 amide bonds. The van der Waals surface area contributed by atoms with Crippen LogP contribution < -0.4 is 15.4 Å². The Hall–Kier alpha value is -7.61. The summed E-state index contributed by atoms with van der Waals surface area (Å²) in [7, 11) is -17.1. The minimum atomic E-state index is -4.90. The van der Waals surface area contributed by atoms with E-state index in [1.807, 2.05) is 60.7 Å². The molecule has 0 aliphatic carbocycles. The van der Waals surface area contributed by atoms with E-state index < -0.39 is 95.1 Å². The number of sulfonamides is 1. The molecule has 1 radical (unpaired) electrons. The molecule has 0 saturated heterocycles. The van der Waals surface area contributed by atoms with Crippen LogP contribution in [0, 0.1) is 0 Å². The molecule has 0 aliphatic heterocycles. The summed E-state index contributed by atoms with van der Waals surface area (Å²) in [6, 6.07) is 35.9. The molecule has 73 heavy (non-hydrogen) atoms. The Morgan fingerprint density at radius 3 is 1.18 bits per heavy atom. The molecule has 0 aromatic heterocycles. The number of aromatic hydroxyl groups is 4. The van der Waals surface area contributed by atoms with E-state index in [0.717, 1.165) is 59.9 Å². The molecular formula is C45H40CoN7O16S4+. The van der Waals surface area contributed by atoms with Crippen molar-refractivity contribution in [3.8, 4) is 23.0 Å². The molecule has 0 unspecified atom stereocenters. The second kappa shape index (κ2) is 22.4. The summed E-state index contributed by atoms with van der Waals surface area (Å²) in [5, 5.41) is 63.5. The summed E-state index contributed by atoms with van der Waals surface area (Å²) >= 11 is 0. The Morgan fingerprint density at radius 1 is 0.425 bits per heavy atom. The number of phenolic OH excluding ortho intramolecular Hbond substituents is 4. The van der Waals surface area contributed by atoms with Crippen molar-refractivity contribution >= 4 is 107 Å². The van der Waals surface area contributed by atoms with Gasteiger partial charge >= 0.3 is 0 Å². The quantitative estimate of drug-likeness (QED) is 0.0293. The van der Waals surface area contributed by atoms with Gasteiger partial charge in [0, 0.05) is 50.3 Å². The van der Waals surface area contributed by atoms with E-state index in [0.29, 0.717) is 11.4 Å². The van der Waals surface area contributed by atoms with Crippen molar-refractivity contribution in [2.75, 3.05) is 17.7 Å². The van der Waals surface area contributed by atoms with Crippen LogP contribution in [0.5, 0.6) is 23.0 Å². The van der Waals surface area contributed by atoms with Gasteiger partial charge in [0.25, 0.3) is 30.4 Å². The van der Waals surface area contributed by atoms with Crippen molar-refractivity contribution in [3.63, 3.8) is 0 Å². The van der Waals surface area contributed by atoms with Gasteiger partial charge in [0.2, 0.25) is 10.0 Å². The number of fused-ring (bicyclic) bond motifs is 2. The molecule has 0 aliphatic rings. The van der Waals surface area contributed by atoms with Gasteiger partial charge in [-0.15, -0.1) is 20.5 Å². The predicted molar refractivity (Wildman–Crippen MR) is 266 cm³/mol. The first kappa shape index (κ1) is 56.3. The molecule has 8 aromatic carbocycles. The van der Waals surface area contributed by atoms with Crippen LogP contribution in [-0.4, -0.2) is 74.8 Å². The fourth-order valence-corrected chi connectivity index (χ4v) is 9.21. The van der Waals surface area contributed by atoms with Gasteiger partial charge in [-0.2, -0.15) is 25.3 Å². The molecule has 28 heteroatoms. The molecule has 13 N–H and O–H groups in total. The summed E-state index contributed by atoms with van der Waals surface area (Å²) in [5.74, 6) is -2.20. The van der Waals surface area contributed by atoms with Gasteiger partial charge in [0.05, 0.1) is 9.79 Å². The van der Waals surface area contributed by atoms with Crippen LogP contribution in [0.15, 0.2) is 186 Å². The van der Waals surface area contributed by atoms with E-state index >= 15 is 0 Å². The molecule has 0 fully saturated rings. The van der Waals surface area contributed by atoms with Gasteiger partial charge in [0.15, 0.2) is 11.5 Å². The predicted octanol–water partition coefficient (Wildman–Crippen LogP) is 8.54. The maximum atomic E-state index is 12.1. The van der Waals surface area contributed by atoms with Crippen molar-refractivity contribution in [1.82, 2.24) is 4.72 Å². The SMILES string of the molecule is CNS(=O)(=O)c1ccc(O)c(N=Nc2c(S(=O)(=O)O)cc3cc(Nc4ccccc4)ccc3c2O)c1.O=S(=O)(O)c1ccc(O)c(N=Nc2c(S(=O)(=O)O)cc3cc(Nc4ccccc4)ccc3c2O)c1.[Co].[OH3+]. The van der Waals surface area contributed by atoms with Gasteiger partial charge in [-0.3, -0.25) is 13.7 Å². The molecule has 8 rings (SSSR count). The first-order chi connectivity index (χ1) is 33.4. The molecular weight excluding hydrogens is 1080 g/mol. The molecule has 0 bridgehead atoms. The number of nitrogens with one attached hydrogen (secondary N) is 3. The minimum absolute atomic E-state index is 0. The number of benzene rings is 8. The Morgan fingerprint density at radius 2 is 0.808 bits per heavy atom. The fraction of sp³-hybridized carbons (Fsp3) is 0.0222. The molecule has 23 nitrogen and oxygen atoms in total. The van der Waals surface area contributed by atoms with Crippen LogP contribution in [0.25, 0.3) is 21.5 Å². The third-order valence-electron chi connectivity index (χ3n) is 10.1. The van der Waals surface area contributed by atoms with Crippen LogP contribution in [0.4, 0.5) is 45.5 Å². The first-order valence-electron chi connectivity index (χ1n) is 20.0. The van der Waals surface area contributed by atoms with Crippen LogP contribution in [0.2, 0.25) is 0 Å². The van der Waals surface area contributed by atoms with E-state index in [1.165, 1.54) is 19.2 Å². The van der Waals surface area contributed by atoms with Crippen LogP contribution in [0.1, 0.15) is 0 Å². The zero-order chi connectivity index (χ0) is 51.5. The van der Waals surface area contributed by atoms with Crippen molar-refractivity contribution in [2.45, 2.75) is 19.6 Å². The van der Waals surface area contributed by atoms with Crippen molar-refractivity contribution in [1.29, 1.82) is 0 Å². The second-order valence-electron chi connectivity index (χ2n) is 14.8. The van der Waals surface area contributed by atoms with Gasteiger partial charge in [-0.25, -0.2) is 13.1 Å². The summed E-state index contributed by atoms with van der Waals surface area (Å²) < 4.78 is 126. The number of anilines is 4. The van der Waals surface area contributed by atoms with Gasteiger partial charge < -0.3 is 36.5 Å². The normalized spacial score (nSPS) is 11.9. The number of rotatable bonds is 13. The Kier molecular flexibility index (Phi) is 17.3. The maximum Gasteiger partial charge on any atom is 0.296 e. The minimum Gasteiger partial charge on any atom is -0.506 e. The Labute approximate surface area is 426 Å². The summed E-state index contributed by atoms with van der Waals surface area (Å²) in [5.41, 5.74) is 0.738. The number of para-hydroxylation sites is 2. The summed E-state index contributed by atoms with van der Waals surface area (Å²) in [6.07, 6.45) is 0. The molecule has 0 spiro atoms. The van der Waals surface area contributed by atoms with Crippen LogP contribution in [0.3, 0.4) is 0 Å². The molecule has 0 atom stereocenters. The van der Waals surface area contributed by atoms with Gasteiger partial charge in [-0.1, -0.05) is 36.4 Å². The summed E-state index contributed by atoms with van der Waals surface area (Å²) in [4.78, 5) is -2.33. The zero-order valence-corrected chi connectivity index (χ0v) is 41.4. The molecule has 8 aromatic rings. The van der Waals surface area contributed by atoms with E-state index in [2.05, 4.69) is 35.8 Å². The fourth-order valence-electron chi connectivity index (χ4n) is 6.64. The number of phenols is 4. The van der Waals surface area contributed by atoms with Crippen LogP contribution >= 0.6 is 0 Å². The van der Waals surface area contributed by atoms with Crippen molar-refractivity contribution in [2.24, 2.45) is 20.5 Å². The average Bonchev–Trinajstić information content (AvgIpc) is 3.31. The number of nitrogens with zero attached hydrogens (tertiary/aromatic N) is 4. The van der Waals surface area contributed by atoms with E-state index in [-0.39, 0.29) is 54.4 Å². The number of hydrogen-bond donors (Lipinski definition) is 10. The van der Waals surface area contributed by atoms with Gasteiger partial charge in [0.1, 0.15) is 44.0 Å². The number of hydrogen-bond acceptors (Lipinski definition) is 18. The monoisotopic (exact) mass is 1120 g/mol.